The number of hydrogen-bond acceptors (Lipinski definition) is 4. The van der Waals surface area contributed by atoms with E-state index in [2.05, 4.69) is 9.97 Å². The van der Waals surface area contributed by atoms with Gasteiger partial charge >= 0.3 is 0 Å². The van der Waals surface area contributed by atoms with Crippen molar-refractivity contribution in [2.45, 2.75) is 12.8 Å². The van der Waals surface area contributed by atoms with Crippen molar-refractivity contribution < 1.29 is 9.59 Å². The van der Waals surface area contributed by atoms with Gasteiger partial charge in [-0.2, -0.15) is 0 Å². The number of carbonyl (C=O) groups excluding carboxylic acids is 2. The Bertz CT molecular complexity index is 1370. The third kappa shape index (κ3) is 2.43. The second-order valence-corrected chi connectivity index (χ2v) is 7.47. The van der Waals surface area contributed by atoms with Crippen molar-refractivity contribution in [1.29, 1.82) is 0 Å². The van der Waals surface area contributed by atoms with Crippen molar-refractivity contribution in [3.8, 4) is 11.4 Å². The standard InChI is InChI=1S/C24H16N4O2/c29-20-11-5-9-17-22(20)23(18-12-14-6-1-3-8-16(14)25-18)27-24(26-17)28-19-10-4-2-7-15(19)13-21(28)30/h1-10,12,25H,11,13H2. The lowest BCUT2D eigenvalue weighted by molar-refractivity contribution is -0.116. The van der Waals surface area contributed by atoms with Crippen molar-refractivity contribution in [1.82, 2.24) is 15.0 Å². The Labute approximate surface area is 171 Å². The second-order valence-electron chi connectivity index (χ2n) is 7.47. The summed E-state index contributed by atoms with van der Waals surface area (Å²) < 4.78 is 0. The minimum Gasteiger partial charge on any atom is -0.353 e. The molecule has 2 aromatic heterocycles. The molecule has 6 heteroatoms. The molecule has 1 amide bonds. The molecule has 6 nitrogen and oxygen atoms in total. The van der Waals surface area contributed by atoms with E-state index in [0.29, 0.717) is 29.8 Å². The molecule has 0 spiro atoms. The Balaban J connectivity index is 1.60. The van der Waals surface area contributed by atoms with E-state index in [-0.39, 0.29) is 17.6 Å². The average molecular weight is 392 g/mol. The summed E-state index contributed by atoms with van der Waals surface area (Å²) in [6.45, 7) is 0. The summed E-state index contributed by atoms with van der Waals surface area (Å²) in [4.78, 5) is 39.8. The number of carbonyl (C=O) groups is 2. The van der Waals surface area contributed by atoms with E-state index in [1.165, 1.54) is 0 Å². The number of Topliss-reactive ketones (excluding diaryl/α,β-unsaturated/α-hetero) is 1. The van der Waals surface area contributed by atoms with Crippen molar-refractivity contribution in [3.63, 3.8) is 0 Å². The molecule has 3 heterocycles. The molecule has 6 rings (SSSR count). The van der Waals surface area contributed by atoms with Gasteiger partial charge in [0.2, 0.25) is 11.9 Å². The SMILES string of the molecule is O=C1CC=Cc2nc(N3C(=O)Cc4ccccc43)nc(-c3cc4ccccc4[nH]3)c21. The first-order valence-electron chi connectivity index (χ1n) is 9.80. The lowest BCUT2D eigenvalue weighted by Crippen LogP contribution is -2.25. The highest BCUT2D eigenvalue weighted by Gasteiger charge is 2.32. The van der Waals surface area contributed by atoms with Crippen LogP contribution in [0.5, 0.6) is 0 Å². The summed E-state index contributed by atoms with van der Waals surface area (Å²) >= 11 is 0. The number of para-hydroxylation sites is 2. The van der Waals surface area contributed by atoms with Crippen LogP contribution in [0, 0.1) is 0 Å². The second kappa shape index (κ2) is 6.22. The largest absolute Gasteiger partial charge is 0.353 e. The lowest BCUT2D eigenvalue weighted by atomic mass is 9.97. The van der Waals surface area contributed by atoms with Gasteiger partial charge in [0.15, 0.2) is 5.78 Å². The average Bonchev–Trinajstić information content (AvgIpc) is 3.33. The number of benzene rings is 2. The van der Waals surface area contributed by atoms with Crippen LogP contribution in [0.4, 0.5) is 11.6 Å². The van der Waals surface area contributed by atoms with Crippen LogP contribution in [0.3, 0.4) is 0 Å². The maximum Gasteiger partial charge on any atom is 0.238 e. The van der Waals surface area contributed by atoms with E-state index in [4.69, 9.17) is 4.98 Å². The Morgan fingerprint density at radius 3 is 2.70 bits per heavy atom. The Morgan fingerprint density at radius 2 is 1.80 bits per heavy atom. The van der Waals surface area contributed by atoms with Crippen LogP contribution >= 0.6 is 0 Å². The number of amides is 1. The van der Waals surface area contributed by atoms with Crippen molar-refractivity contribution >= 4 is 40.3 Å². The van der Waals surface area contributed by atoms with Gasteiger partial charge in [-0.1, -0.05) is 42.5 Å². The molecule has 4 aromatic rings. The fourth-order valence-electron chi connectivity index (χ4n) is 4.21. The summed E-state index contributed by atoms with van der Waals surface area (Å²) in [7, 11) is 0. The highest BCUT2D eigenvalue weighted by atomic mass is 16.2. The third-order valence-electron chi connectivity index (χ3n) is 5.59. The molecule has 0 saturated carbocycles. The number of aromatic nitrogens is 3. The molecular formula is C24H16N4O2. The number of ketones is 1. The van der Waals surface area contributed by atoms with Gasteiger partial charge in [-0.15, -0.1) is 0 Å². The van der Waals surface area contributed by atoms with E-state index in [1.807, 2.05) is 60.7 Å². The molecule has 2 aliphatic rings. The summed E-state index contributed by atoms with van der Waals surface area (Å²) in [5, 5.41) is 1.03. The Kier molecular flexibility index (Phi) is 3.49. The van der Waals surface area contributed by atoms with Crippen LogP contribution in [-0.4, -0.2) is 26.6 Å². The predicted molar refractivity (Wildman–Crippen MR) is 115 cm³/mol. The van der Waals surface area contributed by atoms with Gasteiger partial charge in [-0.3, -0.25) is 9.59 Å². The molecule has 0 radical (unpaired) electrons. The molecule has 0 bridgehead atoms. The fraction of sp³-hybridized carbons (Fsp3) is 0.0833. The first kappa shape index (κ1) is 16.9. The van der Waals surface area contributed by atoms with Gasteiger partial charge in [-0.25, -0.2) is 14.9 Å². The normalized spacial score (nSPS) is 15.0. The zero-order valence-electron chi connectivity index (χ0n) is 15.9. The number of nitrogens with one attached hydrogen (secondary N) is 1. The molecule has 0 unspecified atom stereocenters. The van der Waals surface area contributed by atoms with Gasteiger partial charge in [0.1, 0.15) is 5.69 Å². The van der Waals surface area contributed by atoms with Crippen molar-refractivity contribution in [2.24, 2.45) is 0 Å². The topological polar surface area (TPSA) is 79.0 Å². The number of rotatable bonds is 2. The summed E-state index contributed by atoms with van der Waals surface area (Å²) in [5.74, 6) is 0.183. The number of fused-ring (bicyclic) bond motifs is 3. The number of allylic oxidation sites excluding steroid dienone is 1. The van der Waals surface area contributed by atoms with Crippen LogP contribution in [0.15, 0.2) is 60.7 Å². The van der Waals surface area contributed by atoms with Crippen LogP contribution in [0.25, 0.3) is 28.4 Å². The first-order valence-corrected chi connectivity index (χ1v) is 9.80. The number of aromatic amines is 1. The van der Waals surface area contributed by atoms with E-state index in [1.54, 1.807) is 11.0 Å². The number of anilines is 2. The van der Waals surface area contributed by atoms with Gasteiger partial charge < -0.3 is 4.98 Å². The van der Waals surface area contributed by atoms with Crippen LogP contribution in [0.2, 0.25) is 0 Å². The van der Waals surface area contributed by atoms with Crippen molar-refractivity contribution in [2.75, 3.05) is 4.90 Å². The lowest BCUT2D eigenvalue weighted by Gasteiger charge is -2.20. The van der Waals surface area contributed by atoms with Crippen LogP contribution in [-0.2, 0) is 11.2 Å². The Morgan fingerprint density at radius 1 is 0.967 bits per heavy atom. The van der Waals surface area contributed by atoms with Crippen LogP contribution < -0.4 is 4.90 Å². The molecule has 144 valence electrons. The Hall–Kier alpha value is -4.06. The summed E-state index contributed by atoms with van der Waals surface area (Å²) in [6, 6.07) is 17.5. The maximum absolute atomic E-state index is 12.8. The monoisotopic (exact) mass is 392 g/mol. The minimum absolute atomic E-state index is 0.0270. The molecule has 1 N–H and O–H groups in total. The third-order valence-corrected chi connectivity index (χ3v) is 5.59. The molecule has 2 aromatic carbocycles. The number of H-pyrrole nitrogens is 1. The van der Waals surface area contributed by atoms with Gasteiger partial charge in [-0.05, 0) is 29.8 Å². The molecule has 1 aliphatic heterocycles. The van der Waals surface area contributed by atoms with Gasteiger partial charge in [0.05, 0.1) is 29.1 Å². The molecule has 1 aliphatic carbocycles. The highest BCUT2D eigenvalue weighted by molar-refractivity contribution is 6.09. The van der Waals surface area contributed by atoms with Gasteiger partial charge in [0, 0.05) is 17.3 Å². The number of nitrogens with zero attached hydrogens (tertiary/aromatic N) is 3. The predicted octanol–water partition coefficient (Wildman–Crippen LogP) is 4.45. The zero-order valence-corrected chi connectivity index (χ0v) is 15.9. The molecule has 0 fully saturated rings. The maximum atomic E-state index is 12.8. The van der Waals surface area contributed by atoms with Crippen molar-refractivity contribution in [3.05, 3.63) is 77.5 Å². The first-order chi connectivity index (χ1) is 14.7. The highest BCUT2D eigenvalue weighted by Crippen LogP contribution is 2.37. The summed E-state index contributed by atoms with van der Waals surface area (Å²) in [5.41, 5.74) is 4.99. The summed E-state index contributed by atoms with van der Waals surface area (Å²) in [6.07, 6.45) is 4.26. The van der Waals surface area contributed by atoms with Crippen LogP contribution in [0.1, 0.15) is 28.0 Å². The quantitative estimate of drug-likeness (QED) is 0.547. The van der Waals surface area contributed by atoms with E-state index >= 15 is 0 Å². The molecule has 30 heavy (non-hydrogen) atoms. The zero-order chi connectivity index (χ0) is 20.2. The van der Waals surface area contributed by atoms with E-state index < -0.39 is 0 Å². The smallest absolute Gasteiger partial charge is 0.238 e. The molecule has 0 saturated heterocycles. The molecular weight excluding hydrogens is 376 g/mol. The van der Waals surface area contributed by atoms with E-state index in [0.717, 1.165) is 27.8 Å². The number of hydrogen-bond donors (Lipinski definition) is 1. The minimum atomic E-state index is -0.0788. The fourth-order valence-corrected chi connectivity index (χ4v) is 4.21. The van der Waals surface area contributed by atoms with Gasteiger partial charge in [0.25, 0.3) is 0 Å². The van der Waals surface area contributed by atoms with E-state index in [9.17, 15) is 9.59 Å². The molecule has 0 atom stereocenters.